The Morgan fingerprint density at radius 2 is 2.04 bits per heavy atom. The van der Waals surface area contributed by atoms with Gasteiger partial charge in [-0.3, -0.25) is 4.79 Å². The molecule has 0 radical (unpaired) electrons. The third-order valence-corrected chi connectivity index (χ3v) is 5.88. The summed E-state index contributed by atoms with van der Waals surface area (Å²) < 4.78 is 11.7. The molecule has 1 aromatic carbocycles. The molecule has 0 spiro atoms. The quantitative estimate of drug-likeness (QED) is 0.838. The summed E-state index contributed by atoms with van der Waals surface area (Å²) in [6.07, 6.45) is 3.48. The highest BCUT2D eigenvalue weighted by atomic mass is 16.5. The zero-order valence-corrected chi connectivity index (χ0v) is 16.0. The van der Waals surface area contributed by atoms with Crippen LogP contribution in [0.1, 0.15) is 36.0 Å². The van der Waals surface area contributed by atoms with Crippen molar-refractivity contribution in [1.29, 1.82) is 0 Å². The van der Waals surface area contributed by atoms with Gasteiger partial charge < -0.3 is 24.4 Å². The number of amides is 1. The molecule has 6 nitrogen and oxygen atoms in total. The maximum Gasteiger partial charge on any atom is 0.254 e. The summed E-state index contributed by atoms with van der Waals surface area (Å²) in [6.45, 7) is 1.08. The van der Waals surface area contributed by atoms with E-state index in [-0.39, 0.29) is 30.3 Å². The van der Waals surface area contributed by atoms with Gasteiger partial charge >= 0.3 is 0 Å². The predicted octanol–water partition coefficient (Wildman–Crippen LogP) is 1.91. The summed E-state index contributed by atoms with van der Waals surface area (Å²) in [7, 11) is 5.72. The fraction of sp³-hybridized carbons (Fsp3) is 0.650. The largest absolute Gasteiger partial charge is 0.394 e. The highest BCUT2D eigenvalue weighted by Crippen LogP contribution is 2.43. The Bertz CT molecular complexity index is 619. The molecule has 1 aromatic rings. The van der Waals surface area contributed by atoms with Crippen molar-refractivity contribution in [1.82, 2.24) is 4.90 Å². The number of methoxy groups -OCH3 is 1. The number of fused-ring (bicyclic) bond motifs is 1. The van der Waals surface area contributed by atoms with Crippen LogP contribution in [0.5, 0.6) is 0 Å². The molecular formula is C20H30N2O4. The van der Waals surface area contributed by atoms with Gasteiger partial charge in [-0.05, 0) is 49.9 Å². The van der Waals surface area contributed by atoms with Crippen LogP contribution in [0, 0.1) is 0 Å². The molecule has 1 amide bonds. The summed E-state index contributed by atoms with van der Waals surface area (Å²) in [5.41, 5.74) is 1.52. The van der Waals surface area contributed by atoms with Gasteiger partial charge in [0, 0.05) is 39.0 Å². The van der Waals surface area contributed by atoms with Gasteiger partial charge in [0.05, 0.1) is 31.0 Å². The predicted molar refractivity (Wildman–Crippen MR) is 101 cm³/mol. The zero-order valence-electron chi connectivity index (χ0n) is 16.0. The number of carbonyl (C=O) groups is 1. The van der Waals surface area contributed by atoms with Crippen LogP contribution in [-0.2, 0) is 9.47 Å². The summed E-state index contributed by atoms with van der Waals surface area (Å²) >= 11 is 0. The average molecular weight is 362 g/mol. The molecule has 6 heteroatoms. The third kappa shape index (κ3) is 3.59. The zero-order chi connectivity index (χ0) is 18.7. The van der Waals surface area contributed by atoms with Crippen molar-refractivity contribution in [3.05, 3.63) is 29.8 Å². The first-order chi connectivity index (χ1) is 12.5. The normalized spacial score (nSPS) is 28.1. The first kappa shape index (κ1) is 19.1. The Balaban J connectivity index is 1.77. The number of carbonyl (C=O) groups excluding carboxylic acids is 1. The topological polar surface area (TPSA) is 62.2 Å². The number of aliphatic hydroxyl groups is 1. The van der Waals surface area contributed by atoms with E-state index in [2.05, 4.69) is 0 Å². The number of nitrogens with zero attached hydrogens (tertiary/aromatic N) is 2. The summed E-state index contributed by atoms with van der Waals surface area (Å²) in [5.74, 6) is 0.0574. The summed E-state index contributed by atoms with van der Waals surface area (Å²) in [5, 5.41) is 9.01. The lowest BCUT2D eigenvalue weighted by Gasteiger charge is -2.43. The lowest BCUT2D eigenvalue weighted by molar-refractivity contribution is -0.0992. The lowest BCUT2D eigenvalue weighted by atomic mass is 9.79. The molecule has 1 saturated heterocycles. The molecule has 26 heavy (non-hydrogen) atoms. The number of aliphatic hydroxyl groups excluding tert-OH is 1. The third-order valence-electron chi connectivity index (χ3n) is 5.88. The molecule has 3 atom stereocenters. The van der Waals surface area contributed by atoms with Crippen molar-refractivity contribution in [3.8, 4) is 0 Å². The van der Waals surface area contributed by atoms with Gasteiger partial charge in [-0.25, -0.2) is 0 Å². The van der Waals surface area contributed by atoms with Gasteiger partial charge in [-0.2, -0.15) is 0 Å². The Kier molecular flexibility index (Phi) is 5.85. The van der Waals surface area contributed by atoms with E-state index in [1.165, 1.54) is 0 Å². The Morgan fingerprint density at radius 3 is 2.65 bits per heavy atom. The van der Waals surface area contributed by atoms with Crippen LogP contribution in [0.15, 0.2) is 24.3 Å². The maximum atomic E-state index is 13.1. The molecular weight excluding hydrogens is 332 g/mol. The fourth-order valence-corrected chi connectivity index (χ4v) is 4.34. The molecule has 1 heterocycles. The number of likely N-dealkylation sites (tertiary alicyclic amines) is 1. The molecule has 2 fully saturated rings. The molecule has 2 unspecified atom stereocenters. The van der Waals surface area contributed by atoms with Crippen LogP contribution in [0.4, 0.5) is 5.69 Å². The molecule has 3 rings (SSSR count). The van der Waals surface area contributed by atoms with Crippen molar-refractivity contribution >= 4 is 11.6 Å². The first-order valence-corrected chi connectivity index (χ1v) is 9.37. The minimum Gasteiger partial charge on any atom is -0.394 e. The second-order valence-electron chi connectivity index (χ2n) is 7.47. The molecule has 1 aliphatic carbocycles. The SMILES string of the molecule is CO[C@@]12CCC(OCCO)CC1N(C(=O)c1ccc(N(C)C)cc1)CC2. The second kappa shape index (κ2) is 7.94. The second-order valence-corrected chi connectivity index (χ2v) is 7.47. The molecule has 2 aliphatic rings. The minimum absolute atomic E-state index is 0.0194. The van der Waals surface area contributed by atoms with Gasteiger partial charge in [0.15, 0.2) is 0 Å². The van der Waals surface area contributed by atoms with Crippen LogP contribution < -0.4 is 4.90 Å². The van der Waals surface area contributed by atoms with Crippen LogP contribution in [-0.4, -0.2) is 74.6 Å². The molecule has 1 N–H and O–H groups in total. The van der Waals surface area contributed by atoms with E-state index in [1.807, 2.05) is 48.2 Å². The van der Waals surface area contributed by atoms with E-state index in [0.717, 1.165) is 31.4 Å². The highest BCUT2D eigenvalue weighted by molar-refractivity contribution is 5.95. The standard InChI is InChI=1S/C20H30N2O4/c1-21(2)16-6-4-15(5-7-16)19(24)22-11-10-20(25-3)9-8-17(14-18(20)22)26-13-12-23/h4-7,17-18,23H,8-14H2,1-3H3/t17?,18?,20-/m1/s1. The number of rotatable bonds is 6. The Morgan fingerprint density at radius 1 is 1.31 bits per heavy atom. The van der Waals surface area contributed by atoms with E-state index >= 15 is 0 Å². The summed E-state index contributed by atoms with van der Waals surface area (Å²) in [4.78, 5) is 17.1. The van der Waals surface area contributed by atoms with Gasteiger partial charge in [0.2, 0.25) is 0 Å². The fourth-order valence-electron chi connectivity index (χ4n) is 4.34. The lowest BCUT2D eigenvalue weighted by Crippen LogP contribution is -2.53. The van der Waals surface area contributed by atoms with E-state index < -0.39 is 0 Å². The smallest absolute Gasteiger partial charge is 0.254 e. The molecule has 0 aromatic heterocycles. The number of anilines is 1. The Hall–Kier alpha value is -1.63. The van der Waals surface area contributed by atoms with E-state index in [0.29, 0.717) is 18.7 Å². The minimum atomic E-state index is -0.266. The summed E-state index contributed by atoms with van der Waals surface area (Å²) in [6, 6.07) is 7.76. The van der Waals surface area contributed by atoms with E-state index in [4.69, 9.17) is 14.6 Å². The van der Waals surface area contributed by atoms with Crippen molar-refractivity contribution in [3.63, 3.8) is 0 Å². The average Bonchev–Trinajstić information content (AvgIpc) is 3.05. The van der Waals surface area contributed by atoms with E-state index in [9.17, 15) is 4.79 Å². The Labute approximate surface area is 155 Å². The number of benzene rings is 1. The van der Waals surface area contributed by atoms with Crippen molar-refractivity contribution in [2.45, 2.75) is 43.4 Å². The van der Waals surface area contributed by atoms with Crippen LogP contribution in [0.3, 0.4) is 0 Å². The first-order valence-electron chi connectivity index (χ1n) is 9.37. The van der Waals surface area contributed by atoms with Gasteiger partial charge in [0.1, 0.15) is 0 Å². The van der Waals surface area contributed by atoms with Gasteiger partial charge in [-0.1, -0.05) is 0 Å². The van der Waals surface area contributed by atoms with Crippen molar-refractivity contribution < 1.29 is 19.4 Å². The maximum absolute atomic E-state index is 13.1. The van der Waals surface area contributed by atoms with E-state index in [1.54, 1.807) is 7.11 Å². The number of hydrogen-bond acceptors (Lipinski definition) is 5. The van der Waals surface area contributed by atoms with Gasteiger partial charge in [-0.15, -0.1) is 0 Å². The van der Waals surface area contributed by atoms with Crippen molar-refractivity contribution in [2.75, 3.05) is 45.9 Å². The number of hydrogen-bond donors (Lipinski definition) is 1. The van der Waals surface area contributed by atoms with Gasteiger partial charge in [0.25, 0.3) is 5.91 Å². The molecule has 144 valence electrons. The van der Waals surface area contributed by atoms with Crippen LogP contribution >= 0.6 is 0 Å². The molecule has 1 aliphatic heterocycles. The van der Waals surface area contributed by atoms with Crippen LogP contribution in [0.25, 0.3) is 0 Å². The molecule has 1 saturated carbocycles. The molecule has 0 bridgehead atoms. The highest BCUT2D eigenvalue weighted by Gasteiger charge is 2.52. The van der Waals surface area contributed by atoms with Crippen LogP contribution in [0.2, 0.25) is 0 Å². The number of ether oxygens (including phenoxy) is 2. The monoisotopic (exact) mass is 362 g/mol. The van der Waals surface area contributed by atoms with Crippen molar-refractivity contribution in [2.24, 2.45) is 0 Å².